The van der Waals surface area contributed by atoms with Crippen LogP contribution in [0.2, 0.25) is 0 Å². The summed E-state index contributed by atoms with van der Waals surface area (Å²) in [5.74, 6) is -1.91. The second-order valence-corrected chi connectivity index (χ2v) is 20.5. The van der Waals surface area contributed by atoms with Crippen molar-refractivity contribution < 1.29 is 87.7 Å². The maximum Gasteiger partial charge on any atom is 0.305 e. The summed E-state index contributed by atoms with van der Waals surface area (Å²) in [5, 5.41) is 104. The van der Waals surface area contributed by atoms with Gasteiger partial charge in [0.15, 0.2) is 5.71 Å². The number of rotatable bonds is 28. The summed E-state index contributed by atoms with van der Waals surface area (Å²) in [4.78, 5) is 40.9. The SMILES string of the molecule is CCOC(=O)CCCCC[N+]1=C(C=CC=C2N(CCCCS(=O)(=O)O)c3ccc(C(=O)NCC(O)C(O)C(O)C(O)CO)cc3C2(C)C)C(C)(C)c2cc(C(=O)NCC(O)C(O)C(O)C(O)CO)ccc21. The first-order valence-corrected chi connectivity index (χ1v) is 25.4. The third-order valence-corrected chi connectivity index (χ3v) is 13.8. The molecule has 2 aliphatic rings. The number of nitrogens with one attached hydrogen (secondary N) is 2. The smallest absolute Gasteiger partial charge is 0.305 e. The van der Waals surface area contributed by atoms with Crippen LogP contribution in [0.5, 0.6) is 0 Å². The molecule has 0 aliphatic carbocycles. The fourth-order valence-electron chi connectivity index (χ4n) is 8.82. The first-order valence-electron chi connectivity index (χ1n) is 23.8. The first kappa shape index (κ1) is 58.9. The Bertz CT molecular complexity index is 2370. The fraction of sp³-hybridized carbons (Fsp3) is 0.592. The fourth-order valence-corrected chi connectivity index (χ4v) is 9.38. The van der Waals surface area contributed by atoms with Gasteiger partial charge < -0.3 is 71.3 Å². The Hall–Kier alpha value is -4.69. The van der Waals surface area contributed by atoms with E-state index in [0.717, 1.165) is 33.9 Å². The highest BCUT2D eigenvalue weighted by Crippen LogP contribution is 2.48. The third kappa shape index (κ3) is 15.0. The average molecular weight is 1020 g/mol. The van der Waals surface area contributed by atoms with Gasteiger partial charge in [-0.05, 0) is 88.4 Å². The number of allylic oxidation sites excluding steroid dienone is 4. The largest absolute Gasteiger partial charge is 0.466 e. The number of fused-ring (bicyclic) bond motifs is 2. The normalized spacial score (nSPS) is 19.2. The lowest BCUT2D eigenvalue weighted by Crippen LogP contribution is -2.49. The van der Waals surface area contributed by atoms with Gasteiger partial charge in [-0.25, -0.2) is 0 Å². The minimum Gasteiger partial charge on any atom is -0.466 e. The predicted molar refractivity (Wildman–Crippen MR) is 261 cm³/mol. The van der Waals surface area contributed by atoms with Gasteiger partial charge in [-0.2, -0.15) is 13.0 Å². The number of unbranched alkanes of at least 4 members (excludes halogenated alkanes) is 3. The maximum absolute atomic E-state index is 13.4. The molecule has 71 heavy (non-hydrogen) atoms. The third-order valence-electron chi connectivity index (χ3n) is 13.0. The Morgan fingerprint density at radius 1 is 0.718 bits per heavy atom. The minimum absolute atomic E-state index is 0.159. The van der Waals surface area contributed by atoms with Crippen molar-refractivity contribution in [2.45, 2.75) is 133 Å². The summed E-state index contributed by atoms with van der Waals surface area (Å²) in [6.45, 7) is 8.13. The number of hydrogen-bond acceptors (Lipinski definition) is 17. The molecule has 8 atom stereocenters. The number of amides is 2. The Labute approximate surface area is 414 Å². The summed E-state index contributed by atoms with van der Waals surface area (Å²) >= 11 is 0. The van der Waals surface area contributed by atoms with E-state index in [2.05, 4.69) is 15.2 Å². The Morgan fingerprint density at radius 3 is 1.79 bits per heavy atom. The molecular weight excluding hydrogens is 949 g/mol. The molecule has 8 unspecified atom stereocenters. The number of ether oxygens (including phenoxy) is 1. The number of nitrogens with zero attached hydrogens (tertiary/aromatic N) is 2. The molecule has 0 aromatic heterocycles. The van der Waals surface area contributed by atoms with Crippen molar-refractivity contribution in [3.05, 3.63) is 82.6 Å². The molecule has 22 heteroatoms. The van der Waals surface area contributed by atoms with Crippen LogP contribution in [0.1, 0.15) is 105 Å². The quantitative estimate of drug-likeness (QED) is 0.0220. The molecular formula is C49H73N4O17S+. The number of carbonyl (C=O) groups excluding carboxylic acids is 3. The zero-order valence-corrected chi connectivity index (χ0v) is 41.7. The van der Waals surface area contributed by atoms with Crippen molar-refractivity contribution >= 4 is 45.0 Å². The van der Waals surface area contributed by atoms with Crippen molar-refractivity contribution in [1.29, 1.82) is 0 Å². The number of carbonyl (C=O) groups is 3. The number of esters is 1. The molecule has 4 rings (SSSR count). The van der Waals surface area contributed by atoms with Crippen LogP contribution in [-0.4, -0.2) is 193 Å². The molecule has 0 saturated heterocycles. The van der Waals surface area contributed by atoms with Crippen LogP contribution in [0.3, 0.4) is 0 Å². The van der Waals surface area contributed by atoms with Crippen molar-refractivity contribution in [3.8, 4) is 0 Å². The molecule has 0 bridgehead atoms. The second kappa shape index (κ2) is 25.8. The highest BCUT2D eigenvalue weighted by molar-refractivity contribution is 7.85. The Morgan fingerprint density at radius 2 is 1.25 bits per heavy atom. The van der Waals surface area contributed by atoms with Gasteiger partial charge in [0.2, 0.25) is 5.69 Å². The van der Waals surface area contributed by atoms with Crippen molar-refractivity contribution in [3.63, 3.8) is 0 Å². The molecule has 13 N–H and O–H groups in total. The number of benzene rings is 2. The van der Waals surface area contributed by atoms with Gasteiger partial charge in [-0.15, -0.1) is 0 Å². The van der Waals surface area contributed by atoms with Gasteiger partial charge in [0.25, 0.3) is 21.9 Å². The maximum atomic E-state index is 13.4. The lowest BCUT2D eigenvalue weighted by molar-refractivity contribution is -0.438. The number of hydrogen-bond donors (Lipinski definition) is 13. The monoisotopic (exact) mass is 1020 g/mol. The van der Waals surface area contributed by atoms with Gasteiger partial charge in [-0.1, -0.05) is 19.9 Å². The van der Waals surface area contributed by atoms with Crippen LogP contribution in [0, 0.1) is 0 Å². The number of anilines is 1. The second-order valence-electron chi connectivity index (χ2n) is 18.9. The van der Waals surface area contributed by atoms with Crippen LogP contribution in [0.25, 0.3) is 0 Å². The Kier molecular flexibility index (Phi) is 21.4. The van der Waals surface area contributed by atoms with Crippen molar-refractivity contribution in [2.24, 2.45) is 0 Å². The van der Waals surface area contributed by atoms with Crippen LogP contribution < -0.4 is 15.5 Å². The van der Waals surface area contributed by atoms with E-state index in [9.17, 15) is 68.2 Å². The molecule has 2 heterocycles. The summed E-state index contributed by atoms with van der Waals surface area (Å²) in [7, 11) is -4.21. The molecule has 2 aromatic rings. The molecule has 2 aromatic carbocycles. The molecule has 21 nitrogen and oxygen atoms in total. The molecule has 2 amide bonds. The zero-order chi connectivity index (χ0) is 53.0. The van der Waals surface area contributed by atoms with Gasteiger partial charge in [0.05, 0.1) is 43.2 Å². The number of aliphatic hydroxyl groups excluding tert-OH is 10. The first-order chi connectivity index (χ1) is 33.3. The van der Waals surface area contributed by atoms with Gasteiger partial charge >= 0.3 is 5.97 Å². The van der Waals surface area contributed by atoms with Gasteiger partial charge in [0.1, 0.15) is 43.2 Å². The summed E-state index contributed by atoms with van der Waals surface area (Å²) in [6.07, 6.45) is -5.68. The highest BCUT2D eigenvalue weighted by atomic mass is 32.2. The van der Waals surface area contributed by atoms with E-state index >= 15 is 0 Å². The highest BCUT2D eigenvalue weighted by Gasteiger charge is 2.45. The summed E-state index contributed by atoms with van der Waals surface area (Å²) < 4.78 is 39.8. The zero-order valence-electron chi connectivity index (χ0n) is 40.9. The topological polar surface area (TPSA) is 347 Å². The minimum atomic E-state index is -4.21. The van der Waals surface area contributed by atoms with Crippen molar-refractivity contribution in [1.82, 2.24) is 10.6 Å². The van der Waals surface area contributed by atoms with E-state index in [1.165, 1.54) is 0 Å². The lowest BCUT2D eigenvalue weighted by atomic mass is 9.80. The number of aliphatic hydroxyl groups is 10. The van der Waals surface area contributed by atoms with Crippen LogP contribution >= 0.6 is 0 Å². The molecule has 0 spiro atoms. The van der Waals surface area contributed by atoms with Crippen LogP contribution in [0.4, 0.5) is 11.4 Å². The van der Waals surface area contributed by atoms with E-state index in [-0.39, 0.29) is 29.9 Å². The van der Waals surface area contributed by atoms with Crippen LogP contribution in [-0.2, 0) is 30.5 Å². The van der Waals surface area contributed by atoms with Gasteiger partial charge in [0, 0.05) is 78.1 Å². The van der Waals surface area contributed by atoms with E-state index < -0.39 is 114 Å². The van der Waals surface area contributed by atoms with Crippen molar-refractivity contribution in [2.75, 3.05) is 56.7 Å². The van der Waals surface area contributed by atoms with E-state index in [1.807, 2.05) is 56.9 Å². The molecule has 0 saturated carbocycles. The van der Waals surface area contributed by atoms with E-state index in [0.29, 0.717) is 45.4 Å². The molecule has 396 valence electrons. The lowest BCUT2D eigenvalue weighted by Gasteiger charge is -2.27. The average Bonchev–Trinajstić information content (AvgIpc) is 3.68. The standard InChI is InChI=1S/C49H72N4O17S/c1-6-70-41(60)15-8-7-9-20-52-33-18-16-29(46(65)50-25-35(56)42(61)44(63)37(58)27-54)23-31(33)48(2,3)39(52)13-12-14-40-49(4,5)32-24-30(17-19-34(32)53(40)21-10-11-22-71(67,68)69)47(66)51-26-36(57)43(62)45(64)38(59)28-55/h12-14,16-19,23-24,35-38,42-45,54-59,61-64H,6-11,15,20-22,25-28H2,1-5H3,(H2-,50,51,65,66,67,68,69)/p+1. The van der Waals surface area contributed by atoms with Gasteiger partial charge in [-0.3, -0.25) is 18.9 Å². The van der Waals surface area contributed by atoms with E-state index in [4.69, 9.17) is 14.9 Å². The Balaban J connectivity index is 1.68. The summed E-state index contributed by atoms with van der Waals surface area (Å²) in [5.41, 5.74) is 3.70. The predicted octanol–water partition coefficient (Wildman–Crippen LogP) is -0.576. The van der Waals surface area contributed by atoms with E-state index in [1.54, 1.807) is 37.3 Å². The molecule has 0 fully saturated rings. The molecule has 0 radical (unpaired) electrons. The molecule has 2 aliphatic heterocycles. The van der Waals surface area contributed by atoms with Crippen LogP contribution in [0.15, 0.2) is 60.3 Å². The summed E-state index contributed by atoms with van der Waals surface area (Å²) in [6, 6.07) is 10.1.